The zero-order valence-corrected chi connectivity index (χ0v) is 10.6. The van der Waals surface area contributed by atoms with Crippen molar-refractivity contribution in [1.82, 2.24) is 5.32 Å². The summed E-state index contributed by atoms with van der Waals surface area (Å²) in [6, 6.07) is 0. The van der Waals surface area contributed by atoms with Gasteiger partial charge in [0.15, 0.2) is 0 Å². The molecule has 4 heteroatoms. The minimum absolute atomic E-state index is 0.0140. The minimum Gasteiger partial charge on any atom is -0.372 e. The zero-order valence-electron chi connectivity index (χ0n) is 9.88. The molecule has 0 saturated carbocycles. The number of halogens is 1. The normalized spacial score (nSPS) is 12.9. The molecule has 1 atom stereocenters. The van der Waals surface area contributed by atoms with Crippen molar-refractivity contribution in [2.45, 2.75) is 39.0 Å². The van der Waals surface area contributed by atoms with E-state index < -0.39 is 0 Å². The summed E-state index contributed by atoms with van der Waals surface area (Å²) in [5.41, 5.74) is 0. The Kier molecular flexibility index (Phi) is 8.82. The molecular weight excluding hydrogens is 214 g/mol. The smallest absolute Gasteiger partial charge is 0.246 e. The van der Waals surface area contributed by atoms with Gasteiger partial charge in [-0.1, -0.05) is 20.8 Å². The third-order valence-corrected chi connectivity index (χ3v) is 2.16. The van der Waals surface area contributed by atoms with Crippen LogP contribution in [0.1, 0.15) is 33.6 Å². The maximum atomic E-state index is 11.2. The molecule has 3 nitrogen and oxygen atoms in total. The van der Waals surface area contributed by atoms with Crippen molar-refractivity contribution in [1.29, 1.82) is 0 Å². The predicted octanol–water partition coefficient (Wildman–Crippen LogP) is 2.18. The van der Waals surface area contributed by atoms with Gasteiger partial charge >= 0.3 is 0 Å². The van der Waals surface area contributed by atoms with Crippen LogP contribution in [0.4, 0.5) is 0 Å². The number of carbonyl (C=O) groups excluding carboxylic acids is 1. The molecule has 0 rings (SSSR count). The molecule has 0 aliphatic heterocycles. The first kappa shape index (κ1) is 14.7. The Bertz CT molecular complexity index is 174. The van der Waals surface area contributed by atoms with Crippen LogP contribution in [0.5, 0.6) is 0 Å². The van der Waals surface area contributed by atoms with Gasteiger partial charge in [-0.25, -0.2) is 0 Å². The maximum absolute atomic E-state index is 11.2. The minimum atomic E-state index is -0.0853. The topological polar surface area (TPSA) is 38.3 Å². The monoisotopic (exact) mass is 235 g/mol. The quantitative estimate of drug-likeness (QED) is 0.517. The summed E-state index contributed by atoms with van der Waals surface area (Å²) in [7, 11) is 0. The van der Waals surface area contributed by atoms with Gasteiger partial charge in [-0.3, -0.25) is 4.79 Å². The lowest BCUT2D eigenvalue weighted by molar-refractivity contribution is -0.125. The summed E-state index contributed by atoms with van der Waals surface area (Å²) in [6.07, 6.45) is 1.84. The highest BCUT2D eigenvalue weighted by molar-refractivity contribution is 6.20. The largest absolute Gasteiger partial charge is 0.372 e. The maximum Gasteiger partial charge on any atom is 0.246 e. The predicted molar refractivity (Wildman–Crippen MR) is 63.2 cm³/mol. The van der Waals surface area contributed by atoms with Gasteiger partial charge in [0, 0.05) is 13.2 Å². The summed E-state index contributed by atoms with van der Waals surface area (Å²) >= 11 is 6.03. The summed E-state index contributed by atoms with van der Waals surface area (Å²) in [5, 5.41) is 2.76. The van der Waals surface area contributed by atoms with Gasteiger partial charge in [-0.2, -0.15) is 0 Å². The number of hydrogen-bond donors (Lipinski definition) is 1. The van der Waals surface area contributed by atoms with Crippen LogP contribution in [-0.4, -0.2) is 31.0 Å². The Labute approximate surface area is 97.5 Å². The fourth-order valence-corrected chi connectivity index (χ4v) is 1.61. The molecule has 1 unspecified atom stereocenters. The summed E-state index contributed by atoms with van der Waals surface area (Å²) in [4.78, 5) is 11.2. The fraction of sp³-hybridized carbons (Fsp3) is 0.909. The molecule has 0 radical (unpaired) electrons. The number of hydrogen-bond acceptors (Lipinski definition) is 2. The number of rotatable bonds is 8. The molecule has 15 heavy (non-hydrogen) atoms. The first-order chi connectivity index (χ1) is 7.06. The zero-order chi connectivity index (χ0) is 11.7. The van der Waals surface area contributed by atoms with Gasteiger partial charge in [0.25, 0.3) is 0 Å². The third kappa shape index (κ3) is 10.0. The van der Waals surface area contributed by atoms with Crippen LogP contribution in [0.3, 0.4) is 0 Å². The first-order valence-corrected chi connectivity index (χ1v) is 5.98. The van der Waals surface area contributed by atoms with Crippen molar-refractivity contribution in [2.75, 3.05) is 19.8 Å². The van der Waals surface area contributed by atoms with Crippen LogP contribution in [0.15, 0.2) is 0 Å². The molecule has 0 spiro atoms. The Morgan fingerprint density at radius 2 is 2.13 bits per heavy atom. The molecule has 1 N–H and O–H groups in total. The van der Waals surface area contributed by atoms with Gasteiger partial charge in [0.1, 0.15) is 6.61 Å². The van der Waals surface area contributed by atoms with E-state index >= 15 is 0 Å². The number of ether oxygens (including phenoxy) is 1. The highest BCUT2D eigenvalue weighted by Crippen LogP contribution is 2.09. The highest BCUT2D eigenvalue weighted by atomic mass is 35.5. The molecule has 0 aromatic rings. The molecule has 0 aliphatic carbocycles. The molecular formula is C11H22ClNO2. The van der Waals surface area contributed by atoms with Crippen LogP contribution >= 0.6 is 11.6 Å². The van der Waals surface area contributed by atoms with Gasteiger partial charge in [-0.15, -0.1) is 11.6 Å². The average molecular weight is 236 g/mol. The molecule has 1 amide bonds. The first-order valence-electron chi connectivity index (χ1n) is 5.54. The molecule has 0 aliphatic rings. The van der Waals surface area contributed by atoms with E-state index in [2.05, 4.69) is 19.2 Å². The van der Waals surface area contributed by atoms with Crippen molar-refractivity contribution < 1.29 is 9.53 Å². The molecule has 0 fully saturated rings. The van der Waals surface area contributed by atoms with E-state index in [9.17, 15) is 4.79 Å². The molecule has 0 heterocycles. The van der Waals surface area contributed by atoms with Crippen LogP contribution < -0.4 is 5.32 Å². The van der Waals surface area contributed by atoms with E-state index in [1.165, 1.54) is 0 Å². The van der Waals surface area contributed by atoms with Gasteiger partial charge in [0.05, 0.1) is 5.38 Å². The summed E-state index contributed by atoms with van der Waals surface area (Å²) < 4.78 is 5.10. The van der Waals surface area contributed by atoms with Crippen molar-refractivity contribution >= 4 is 17.5 Å². The third-order valence-electron chi connectivity index (χ3n) is 1.83. The van der Waals surface area contributed by atoms with Crippen molar-refractivity contribution in [3.05, 3.63) is 0 Å². The van der Waals surface area contributed by atoms with Crippen molar-refractivity contribution in [3.8, 4) is 0 Å². The number of amides is 1. The highest BCUT2D eigenvalue weighted by Gasteiger charge is 2.08. The van der Waals surface area contributed by atoms with E-state index in [4.69, 9.17) is 16.3 Å². The molecule has 0 saturated heterocycles. The van der Waals surface area contributed by atoms with Gasteiger partial charge in [-0.05, 0) is 18.8 Å². The number of alkyl halides is 1. The Morgan fingerprint density at radius 1 is 1.47 bits per heavy atom. The Balaban J connectivity index is 3.44. The van der Waals surface area contributed by atoms with E-state index in [1.807, 2.05) is 6.92 Å². The molecule has 0 aromatic heterocycles. The molecule has 0 bridgehead atoms. The Morgan fingerprint density at radius 3 is 2.67 bits per heavy atom. The van der Waals surface area contributed by atoms with Crippen molar-refractivity contribution in [3.63, 3.8) is 0 Å². The second-order valence-corrected chi connectivity index (χ2v) is 4.70. The Hall–Kier alpha value is -0.280. The van der Waals surface area contributed by atoms with Crippen LogP contribution in [-0.2, 0) is 9.53 Å². The van der Waals surface area contributed by atoms with Crippen LogP contribution in [0.25, 0.3) is 0 Å². The second-order valence-electron chi connectivity index (χ2n) is 4.08. The molecule has 90 valence electrons. The number of carbonyl (C=O) groups is 1. The summed E-state index contributed by atoms with van der Waals surface area (Å²) in [5.74, 6) is 0.471. The lowest BCUT2D eigenvalue weighted by atomic mass is 10.1. The second kappa shape index (κ2) is 8.98. The standard InChI is InChI=1S/C11H22ClNO2/c1-4-5-15-8-11(14)13-7-10(12)6-9(2)3/h9-10H,4-8H2,1-3H3,(H,13,14). The van der Waals surface area contributed by atoms with Gasteiger partial charge < -0.3 is 10.1 Å². The SMILES string of the molecule is CCCOCC(=O)NCC(Cl)CC(C)C. The van der Waals surface area contributed by atoms with E-state index in [0.29, 0.717) is 19.1 Å². The van der Waals surface area contributed by atoms with Crippen LogP contribution in [0.2, 0.25) is 0 Å². The fourth-order valence-electron chi connectivity index (χ4n) is 1.18. The lowest BCUT2D eigenvalue weighted by Crippen LogP contribution is -2.33. The van der Waals surface area contributed by atoms with Crippen LogP contribution in [0, 0.1) is 5.92 Å². The lowest BCUT2D eigenvalue weighted by Gasteiger charge is -2.12. The van der Waals surface area contributed by atoms with Crippen molar-refractivity contribution in [2.24, 2.45) is 5.92 Å². The molecule has 0 aromatic carbocycles. The van der Waals surface area contributed by atoms with E-state index in [-0.39, 0.29) is 17.9 Å². The summed E-state index contributed by atoms with van der Waals surface area (Å²) in [6.45, 7) is 7.52. The van der Waals surface area contributed by atoms with E-state index in [1.54, 1.807) is 0 Å². The number of nitrogens with one attached hydrogen (secondary N) is 1. The average Bonchev–Trinajstić information content (AvgIpc) is 2.14. The van der Waals surface area contributed by atoms with Gasteiger partial charge in [0.2, 0.25) is 5.91 Å². The van der Waals surface area contributed by atoms with E-state index in [0.717, 1.165) is 12.8 Å².